The molecule has 0 radical (unpaired) electrons. The number of unbranched alkanes of at least 4 members (excludes halogenated alkanes) is 1. The molecule has 2 nitrogen and oxygen atoms in total. The maximum Gasteiger partial charge on any atom is 0.0587 e. The van der Waals surface area contributed by atoms with E-state index in [1.165, 1.54) is 10.5 Å². The number of thioether (sulfide) groups is 1. The van der Waals surface area contributed by atoms with Crippen LogP contribution in [0.2, 0.25) is 0 Å². The van der Waals surface area contributed by atoms with Crippen LogP contribution in [0.4, 0.5) is 0 Å². The summed E-state index contributed by atoms with van der Waals surface area (Å²) in [6, 6.07) is 8.69. The van der Waals surface area contributed by atoms with Crippen molar-refractivity contribution < 1.29 is 4.74 Å². The number of benzene rings is 1. The first-order valence-electron chi connectivity index (χ1n) is 6.21. The van der Waals surface area contributed by atoms with Gasteiger partial charge in [-0.3, -0.25) is 0 Å². The Morgan fingerprint density at radius 3 is 2.78 bits per heavy atom. The van der Waals surface area contributed by atoms with E-state index in [2.05, 4.69) is 35.5 Å². The average molecular weight is 263 g/mol. The zero-order chi connectivity index (χ0) is 13.1. The third-order valence-corrected chi connectivity index (χ3v) is 3.57. The van der Waals surface area contributed by atoms with Crippen LogP contribution in [0.15, 0.2) is 29.2 Å². The molecule has 0 aliphatic heterocycles. The highest BCUT2D eigenvalue weighted by Gasteiger charge is 1.96. The van der Waals surface area contributed by atoms with Crippen molar-refractivity contribution in [1.82, 2.24) is 5.32 Å². The van der Waals surface area contributed by atoms with Gasteiger partial charge in [0.05, 0.1) is 6.61 Å². The van der Waals surface area contributed by atoms with E-state index in [0.717, 1.165) is 38.3 Å². The molecule has 0 heterocycles. The van der Waals surface area contributed by atoms with E-state index in [-0.39, 0.29) is 0 Å². The van der Waals surface area contributed by atoms with Gasteiger partial charge in [-0.25, -0.2) is 0 Å². The quantitative estimate of drug-likeness (QED) is 0.420. The molecule has 0 spiro atoms. The Kier molecular flexibility index (Phi) is 8.41. The van der Waals surface area contributed by atoms with E-state index >= 15 is 0 Å². The van der Waals surface area contributed by atoms with Gasteiger partial charge >= 0.3 is 0 Å². The molecule has 0 aliphatic carbocycles. The standard InChI is InChI=1S/C15H21NOS/c1-3-4-5-12-18-15-8-6-14(7-9-15)13-16-10-11-17-2/h1,6-9,16H,4-5,10-13H2,2H3. The number of hydrogen-bond donors (Lipinski definition) is 1. The molecular formula is C15H21NOS. The Hall–Kier alpha value is -0.950. The molecule has 1 aromatic carbocycles. The molecule has 0 saturated heterocycles. The predicted molar refractivity (Wildman–Crippen MR) is 78.8 cm³/mol. The largest absolute Gasteiger partial charge is 0.383 e. The van der Waals surface area contributed by atoms with E-state index in [4.69, 9.17) is 11.2 Å². The number of hydrogen-bond acceptors (Lipinski definition) is 3. The predicted octanol–water partition coefficient (Wildman–Crippen LogP) is 2.93. The summed E-state index contributed by atoms with van der Waals surface area (Å²) < 4.78 is 4.98. The first kappa shape index (κ1) is 15.1. The molecule has 0 fully saturated rings. The zero-order valence-corrected chi connectivity index (χ0v) is 11.8. The monoisotopic (exact) mass is 263 g/mol. The van der Waals surface area contributed by atoms with Gasteiger partial charge in [-0.2, -0.15) is 0 Å². The van der Waals surface area contributed by atoms with E-state index in [9.17, 15) is 0 Å². The van der Waals surface area contributed by atoms with Crippen LogP contribution in [0.25, 0.3) is 0 Å². The van der Waals surface area contributed by atoms with E-state index in [1.807, 2.05) is 11.8 Å². The van der Waals surface area contributed by atoms with Crippen LogP contribution < -0.4 is 5.32 Å². The molecule has 0 amide bonds. The molecule has 0 aliphatic rings. The highest BCUT2D eigenvalue weighted by molar-refractivity contribution is 7.99. The van der Waals surface area contributed by atoms with Gasteiger partial charge in [-0.1, -0.05) is 12.1 Å². The maximum atomic E-state index is 5.22. The van der Waals surface area contributed by atoms with Gasteiger partial charge in [0.25, 0.3) is 0 Å². The molecule has 0 saturated carbocycles. The minimum absolute atomic E-state index is 0.753. The minimum Gasteiger partial charge on any atom is -0.383 e. The van der Waals surface area contributed by atoms with Gasteiger partial charge in [0.2, 0.25) is 0 Å². The highest BCUT2D eigenvalue weighted by Crippen LogP contribution is 2.19. The van der Waals surface area contributed by atoms with Crippen molar-refractivity contribution in [2.24, 2.45) is 0 Å². The molecule has 3 heteroatoms. The van der Waals surface area contributed by atoms with Crippen LogP contribution in [-0.2, 0) is 11.3 Å². The fourth-order valence-corrected chi connectivity index (χ4v) is 2.33. The summed E-state index contributed by atoms with van der Waals surface area (Å²) in [5, 5.41) is 3.33. The first-order chi connectivity index (χ1) is 8.86. The normalized spacial score (nSPS) is 10.2. The highest BCUT2D eigenvalue weighted by atomic mass is 32.2. The smallest absolute Gasteiger partial charge is 0.0587 e. The topological polar surface area (TPSA) is 21.3 Å². The Bertz CT molecular complexity index is 356. The van der Waals surface area contributed by atoms with E-state index < -0.39 is 0 Å². The van der Waals surface area contributed by atoms with Gasteiger partial charge in [0.15, 0.2) is 0 Å². The van der Waals surface area contributed by atoms with Crippen LogP contribution in [0.5, 0.6) is 0 Å². The molecule has 18 heavy (non-hydrogen) atoms. The van der Waals surface area contributed by atoms with Crippen molar-refractivity contribution in [3.63, 3.8) is 0 Å². The Morgan fingerprint density at radius 2 is 2.11 bits per heavy atom. The second kappa shape index (κ2) is 10.0. The fourth-order valence-electron chi connectivity index (χ4n) is 1.47. The van der Waals surface area contributed by atoms with Crippen molar-refractivity contribution in [3.8, 4) is 12.3 Å². The lowest BCUT2D eigenvalue weighted by atomic mass is 10.2. The number of terminal acetylenes is 1. The van der Waals surface area contributed by atoms with Crippen LogP contribution in [0, 0.1) is 12.3 Å². The molecule has 0 atom stereocenters. The Balaban J connectivity index is 2.23. The molecule has 0 aromatic heterocycles. The van der Waals surface area contributed by atoms with Gasteiger partial charge in [-0.05, 0) is 29.9 Å². The lowest BCUT2D eigenvalue weighted by Crippen LogP contribution is -2.18. The van der Waals surface area contributed by atoms with Gasteiger partial charge in [-0.15, -0.1) is 24.1 Å². The molecule has 1 aromatic rings. The van der Waals surface area contributed by atoms with Gasteiger partial charge in [0, 0.05) is 31.5 Å². The van der Waals surface area contributed by atoms with Crippen LogP contribution in [0.1, 0.15) is 18.4 Å². The summed E-state index contributed by atoms with van der Waals surface area (Å²) in [7, 11) is 1.72. The number of ether oxygens (including phenoxy) is 1. The summed E-state index contributed by atoms with van der Waals surface area (Å²) in [5.41, 5.74) is 1.30. The summed E-state index contributed by atoms with van der Waals surface area (Å²) >= 11 is 1.87. The summed E-state index contributed by atoms with van der Waals surface area (Å²) in [4.78, 5) is 1.31. The molecule has 0 bridgehead atoms. The SMILES string of the molecule is C#CCCCSc1ccc(CNCCOC)cc1. The zero-order valence-electron chi connectivity index (χ0n) is 10.9. The van der Waals surface area contributed by atoms with Crippen LogP contribution >= 0.6 is 11.8 Å². The summed E-state index contributed by atoms with van der Waals surface area (Å²) in [5.74, 6) is 3.76. The third-order valence-electron chi connectivity index (χ3n) is 2.47. The van der Waals surface area contributed by atoms with E-state index in [1.54, 1.807) is 7.11 Å². The summed E-state index contributed by atoms with van der Waals surface area (Å²) in [6.07, 6.45) is 7.18. The third kappa shape index (κ3) is 6.70. The fraction of sp³-hybridized carbons (Fsp3) is 0.467. The molecule has 1 rings (SSSR count). The number of rotatable bonds is 9. The molecule has 1 N–H and O–H groups in total. The molecular weight excluding hydrogens is 242 g/mol. The van der Waals surface area contributed by atoms with Crippen molar-refractivity contribution in [1.29, 1.82) is 0 Å². The maximum absolute atomic E-state index is 5.22. The van der Waals surface area contributed by atoms with Crippen molar-refractivity contribution >= 4 is 11.8 Å². The Morgan fingerprint density at radius 1 is 1.33 bits per heavy atom. The van der Waals surface area contributed by atoms with Crippen molar-refractivity contribution in [2.45, 2.75) is 24.3 Å². The van der Waals surface area contributed by atoms with Gasteiger partial charge in [0.1, 0.15) is 0 Å². The lowest BCUT2D eigenvalue weighted by Gasteiger charge is -2.05. The second-order valence-electron chi connectivity index (χ2n) is 3.97. The van der Waals surface area contributed by atoms with Crippen molar-refractivity contribution in [3.05, 3.63) is 29.8 Å². The number of methoxy groups -OCH3 is 1. The minimum atomic E-state index is 0.753. The van der Waals surface area contributed by atoms with Crippen LogP contribution in [-0.4, -0.2) is 26.0 Å². The second-order valence-corrected chi connectivity index (χ2v) is 5.14. The number of nitrogens with one attached hydrogen (secondary N) is 1. The van der Waals surface area contributed by atoms with E-state index in [0.29, 0.717) is 0 Å². The lowest BCUT2D eigenvalue weighted by molar-refractivity contribution is 0.199. The van der Waals surface area contributed by atoms with Crippen LogP contribution in [0.3, 0.4) is 0 Å². The first-order valence-corrected chi connectivity index (χ1v) is 7.20. The average Bonchev–Trinajstić information content (AvgIpc) is 2.41. The molecule has 0 unspecified atom stereocenters. The van der Waals surface area contributed by atoms with Gasteiger partial charge < -0.3 is 10.1 Å². The summed E-state index contributed by atoms with van der Waals surface area (Å²) in [6.45, 7) is 2.54. The van der Waals surface area contributed by atoms with Crippen molar-refractivity contribution in [2.75, 3.05) is 26.0 Å². The Labute approximate surface area is 115 Å². The molecule has 98 valence electrons.